The largest absolute Gasteiger partial charge is 0.269 e. The van der Waals surface area contributed by atoms with Crippen LogP contribution in [0.5, 0.6) is 0 Å². The molecule has 0 radical (unpaired) electrons. The fourth-order valence-electron chi connectivity index (χ4n) is 2.97. The standard InChI is InChI=1S/C16H19IN2/c1-12-3-2-4-16(9-12)19-11-14(10-18-19)13-5-7-15(17)8-6-13/h5-8,10-12,16H,2-4,9H2,1H3. The number of hydrogen-bond donors (Lipinski definition) is 0. The molecule has 1 aliphatic rings. The van der Waals surface area contributed by atoms with E-state index in [0.29, 0.717) is 6.04 Å². The van der Waals surface area contributed by atoms with E-state index >= 15 is 0 Å². The second-order valence-corrected chi connectivity index (χ2v) is 6.89. The van der Waals surface area contributed by atoms with E-state index in [4.69, 9.17) is 0 Å². The van der Waals surface area contributed by atoms with Gasteiger partial charge < -0.3 is 0 Å². The van der Waals surface area contributed by atoms with Gasteiger partial charge in [0, 0.05) is 15.3 Å². The predicted octanol–water partition coefficient (Wildman–Crippen LogP) is 4.91. The molecule has 1 aromatic heterocycles. The molecule has 0 bridgehead atoms. The molecule has 1 aromatic carbocycles. The van der Waals surface area contributed by atoms with Crippen LogP contribution in [0.3, 0.4) is 0 Å². The maximum atomic E-state index is 4.59. The van der Waals surface area contributed by atoms with Crippen molar-refractivity contribution >= 4 is 22.6 Å². The number of aromatic nitrogens is 2. The summed E-state index contributed by atoms with van der Waals surface area (Å²) in [6.45, 7) is 2.36. The van der Waals surface area contributed by atoms with Crippen LogP contribution in [-0.2, 0) is 0 Å². The van der Waals surface area contributed by atoms with Crippen LogP contribution in [0, 0.1) is 9.49 Å². The van der Waals surface area contributed by atoms with Crippen molar-refractivity contribution in [3.05, 3.63) is 40.2 Å². The number of nitrogens with zero attached hydrogens (tertiary/aromatic N) is 2. The summed E-state index contributed by atoms with van der Waals surface area (Å²) >= 11 is 2.34. The van der Waals surface area contributed by atoms with Gasteiger partial charge in [-0.25, -0.2) is 0 Å². The van der Waals surface area contributed by atoms with Crippen LogP contribution < -0.4 is 0 Å². The first-order valence-electron chi connectivity index (χ1n) is 7.02. The Balaban J connectivity index is 1.81. The molecular weight excluding hydrogens is 347 g/mol. The minimum absolute atomic E-state index is 0.598. The zero-order valence-electron chi connectivity index (χ0n) is 11.2. The smallest absolute Gasteiger partial charge is 0.0568 e. The van der Waals surface area contributed by atoms with E-state index in [-0.39, 0.29) is 0 Å². The molecule has 1 heterocycles. The summed E-state index contributed by atoms with van der Waals surface area (Å²) in [5.74, 6) is 0.838. The lowest BCUT2D eigenvalue weighted by molar-refractivity contribution is 0.266. The maximum absolute atomic E-state index is 4.59. The van der Waals surface area contributed by atoms with Crippen molar-refractivity contribution in [2.45, 2.75) is 38.6 Å². The molecule has 0 spiro atoms. The molecule has 2 aromatic rings. The van der Waals surface area contributed by atoms with Crippen LogP contribution in [-0.4, -0.2) is 9.78 Å². The molecule has 0 amide bonds. The Labute approximate surface area is 128 Å². The first kappa shape index (κ1) is 13.2. The molecule has 2 unspecified atom stereocenters. The number of hydrogen-bond acceptors (Lipinski definition) is 1. The third-order valence-electron chi connectivity index (χ3n) is 4.06. The molecule has 0 saturated heterocycles. The summed E-state index contributed by atoms with van der Waals surface area (Å²) in [4.78, 5) is 0. The lowest BCUT2D eigenvalue weighted by atomic mass is 9.87. The van der Waals surface area contributed by atoms with Gasteiger partial charge in [-0.2, -0.15) is 5.10 Å². The van der Waals surface area contributed by atoms with Gasteiger partial charge in [-0.15, -0.1) is 0 Å². The minimum Gasteiger partial charge on any atom is -0.269 e. The van der Waals surface area contributed by atoms with E-state index in [1.807, 2.05) is 6.20 Å². The average molecular weight is 366 g/mol. The topological polar surface area (TPSA) is 17.8 Å². The second kappa shape index (κ2) is 5.65. The summed E-state index contributed by atoms with van der Waals surface area (Å²) < 4.78 is 3.46. The quantitative estimate of drug-likeness (QED) is 0.691. The van der Waals surface area contributed by atoms with Crippen molar-refractivity contribution in [3.8, 4) is 11.1 Å². The van der Waals surface area contributed by atoms with Crippen molar-refractivity contribution in [2.75, 3.05) is 0 Å². The van der Waals surface area contributed by atoms with E-state index in [1.165, 1.54) is 40.4 Å². The lowest BCUT2D eigenvalue weighted by Crippen LogP contribution is -2.17. The van der Waals surface area contributed by atoms with Crippen LogP contribution in [0.15, 0.2) is 36.7 Å². The predicted molar refractivity (Wildman–Crippen MR) is 87.0 cm³/mol. The van der Waals surface area contributed by atoms with Crippen molar-refractivity contribution in [2.24, 2.45) is 5.92 Å². The normalized spacial score (nSPS) is 23.5. The molecule has 2 atom stereocenters. The van der Waals surface area contributed by atoms with Crippen LogP contribution in [0.25, 0.3) is 11.1 Å². The third kappa shape index (κ3) is 3.02. The highest BCUT2D eigenvalue weighted by atomic mass is 127. The first-order chi connectivity index (χ1) is 9.22. The van der Waals surface area contributed by atoms with Crippen molar-refractivity contribution in [1.29, 1.82) is 0 Å². The fourth-order valence-corrected chi connectivity index (χ4v) is 3.33. The molecular formula is C16H19IN2. The molecule has 1 aliphatic carbocycles. The molecule has 0 aliphatic heterocycles. The van der Waals surface area contributed by atoms with Gasteiger partial charge >= 0.3 is 0 Å². The Bertz CT molecular complexity index is 544. The lowest BCUT2D eigenvalue weighted by Gasteiger charge is -2.26. The Morgan fingerprint density at radius 3 is 2.68 bits per heavy atom. The van der Waals surface area contributed by atoms with Gasteiger partial charge in [0.05, 0.1) is 12.2 Å². The maximum Gasteiger partial charge on any atom is 0.0568 e. The van der Waals surface area contributed by atoms with E-state index < -0.39 is 0 Å². The monoisotopic (exact) mass is 366 g/mol. The molecule has 1 saturated carbocycles. The van der Waals surface area contributed by atoms with E-state index in [0.717, 1.165) is 5.92 Å². The van der Waals surface area contributed by atoms with Gasteiger partial charge in [0.1, 0.15) is 0 Å². The summed E-state index contributed by atoms with van der Waals surface area (Å²) in [6.07, 6.45) is 9.48. The van der Waals surface area contributed by atoms with Gasteiger partial charge in [0.15, 0.2) is 0 Å². The third-order valence-corrected chi connectivity index (χ3v) is 4.78. The van der Waals surface area contributed by atoms with Crippen molar-refractivity contribution < 1.29 is 0 Å². The molecule has 3 rings (SSSR count). The van der Waals surface area contributed by atoms with Crippen LogP contribution in [0.1, 0.15) is 38.6 Å². The summed E-state index contributed by atoms with van der Waals surface area (Å²) in [5.41, 5.74) is 2.49. The summed E-state index contributed by atoms with van der Waals surface area (Å²) in [6, 6.07) is 9.24. The highest BCUT2D eigenvalue weighted by Crippen LogP contribution is 2.32. The van der Waals surface area contributed by atoms with E-state index in [9.17, 15) is 0 Å². The van der Waals surface area contributed by atoms with Gasteiger partial charge in [0.2, 0.25) is 0 Å². The molecule has 1 fully saturated rings. The second-order valence-electron chi connectivity index (χ2n) is 5.64. The Hall–Kier alpha value is -0.840. The SMILES string of the molecule is CC1CCCC(n2cc(-c3ccc(I)cc3)cn2)C1. The zero-order valence-corrected chi connectivity index (χ0v) is 13.4. The fraction of sp³-hybridized carbons (Fsp3) is 0.438. The number of benzene rings is 1. The summed E-state index contributed by atoms with van der Waals surface area (Å²) in [5, 5.41) is 4.59. The summed E-state index contributed by atoms with van der Waals surface area (Å²) in [7, 11) is 0. The zero-order chi connectivity index (χ0) is 13.2. The van der Waals surface area contributed by atoms with Gasteiger partial charge in [-0.3, -0.25) is 4.68 Å². The average Bonchev–Trinajstić information content (AvgIpc) is 2.89. The Morgan fingerprint density at radius 2 is 1.95 bits per heavy atom. The van der Waals surface area contributed by atoms with Crippen LogP contribution in [0.2, 0.25) is 0 Å². The van der Waals surface area contributed by atoms with Crippen LogP contribution >= 0.6 is 22.6 Å². The highest BCUT2D eigenvalue weighted by molar-refractivity contribution is 14.1. The first-order valence-corrected chi connectivity index (χ1v) is 8.10. The minimum atomic E-state index is 0.598. The van der Waals surface area contributed by atoms with E-state index in [2.05, 4.69) is 69.8 Å². The van der Waals surface area contributed by atoms with Gasteiger partial charge in [-0.1, -0.05) is 31.9 Å². The van der Waals surface area contributed by atoms with Crippen LogP contribution in [0.4, 0.5) is 0 Å². The van der Waals surface area contributed by atoms with Crippen molar-refractivity contribution in [1.82, 2.24) is 9.78 Å². The molecule has 19 heavy (non-hydrogen) atoms. The molecule has 100 valence electrons. The van der Waals surface area contributed by atoms with Gasteiger partial charge in [0.25, 0.3) is 0 Å². The van der Waals surface area contributed by atoms with Crippen molar-refractivity contribution in [3.63, 3.8) is 0 Å². The molecule has 0 N–H and O–H groups in total. The number of halogens is 1. The molecule has 2 nitrogen and oxygen atoms in total. The van der Waals surface area contributed by atoms with E-state index in [1.54, 1.807) is 0 Å². The Kier molecular flexibility index (Phi) is 3.91. The van der Waals surface area contributed by atoms with Gasteiger partial charge in [-0.05, 0) is 59.0 Å². The molecule has 3 heteroatoms. The number of rotatable bonds is 2. The Morgan fingerprint density at radius 1 is 1.16 bits per heavy atom. The highest BCUT2D eigenvalue weighted by Gasteiger charge is 2.20.